The van der Waals surface area contributed by atoms with E-state index in [1.165, 1.54) is 16.7 Å². The lowest BCUT2D eigenvalue weighted by Crippen LogP contribution is -2.25. The van der Waals surface area contributed by atoms with E-state index in [9.17, 15) is 14.7 Å². The van der Waals surface area contributed by atoms with Gasteiger partial charge in [0.05, 0.1) is 19.8 Å². The van der Waals surface area contributed by atoms with Crippen LogP contribution in [0.5, 0.6) is 5.75 Å². The Morgan fingerprint density at radius 1 is 1.32 bits per heavy atom. The molecule has 2 N–H and O–H groups in total. The number of carbonyl (C=O) groups is 1. The topological polar surface area (TPSA) is 88.8 Å². The van der Waals surface area contributed by atoms with E-state index in [1.54, 1.807) is 20.0 Å². The van der Waals surface area contributed by atoms with Gasteiger partial charge in [0.25, 0.3) is 5.56 Å². The highest BCUT2D eigenvalue weighted by Crippen LogP contribution is 2.16. The second kappa shape index (κ2) is 8.41. The van der Waals surface area contributed by atoms with Crippen LogP contribution in [0.2, 0.25) is 0 Å². The Labute approximate surface area is 145 Å². The zero-order chi connectivity index (χ0) is 18.4. The van der Waals surface area contributed by atoms with Crippen LogP contribution >= 0.6 is 0 Å². The van der Waals surface area contributed by atoms with Crippen LogP contribution in [0.3, 0.4) is 0 Å². The summed E-state index contributed by atoms with van der Waals surface area (Å²) in [5.74, 6) is -0.874. The number of nitrogens with zero attached hydrogens (tertiary/aromatic N) is 1. The van der Waals surface area contributed by atoms with Gasteiger partial charge in [0.1, 0.15) is 11.3 Å². The molecule has 6 nitrogen and oxygen atoms in total. The molecule has 0 aliphatic heterocycles. The number of ether oxygens (including phenoxy) is 1. The minimum absolute atomic E-state index is 0.0386. The number of aryl methyl sites for hydroxylation is 1. The maximum atomic E-state index is 12.3. The van der Waals surface area contributed by atoms with Gasteiger partial charge in [-0.3, -0.25) is 9.59 Å². The second-order valence-electron chi connectivity index (χ2n) is 5.63. The Balaban J connectivity index is 2.20. The SMILES string of the molecule is Cc1cc(O)c(C(=O)C=Cc2cccc(COCCO)c2)c(=O)n1C. The van der Waals surface area contributed by atoms with Crippen LogP contribution in [-0.4, -0.2) is 33.8 Å². The van der Waals surface area contributed by atoms with Crippen molar-refractivity contribution in [1.29, 1.82) is 0 Å². The van der Waals surface area contributed by atoms with Gasteiger partial charge in [-0.05, 0) is 30.2 Å². The minimum atomic E-state index is -0.556. The van der Waals surface area contributed by atoms with E-state index < -0.39 is 11.3 Å². The van der Waals surface area contributed by atoms with E-state index >= 15 is 0 Å². The molecule has 1 aromatic heterocycles. The number of carbonyl (C=O) groups excluding carboxylic acids is 1. The smallest absolute Gasteiger partial charge is 0.265 e. The van der Waals surface area contributed by atoms with Crippen molar-refractivity contribution >= 4 is 11.9 Å². The van der Waals surface area contributed by atoms with Crippen LogP contribution in [0.15, 0.2) is 41.2 Å². The summed E-state index contributed by atoms with van der Waals surface area (Å²) in [6.45, 7) is 2.25. The van der Waals surface area contributed by atoms with Crippen molar-refractivity contribution in [2.75, 3.05) is 13.2 Å². The van der Waals surface area contributed by atoms with Gasteiger partial charge in [0.15, 0.2) is 5.78 Å². The number of hydrogen-bond donors (Lipinski definition) is 2. The Morgan fingerprint density at radius 3 is 2.80 bits per heavy atom. The second-order valence-corrected chi connectivity index (χ2v) is 5.63. The molecule has 0 unspecified atom stereocenters. The molecule has 0 fully saturated rings. The summed E-state index contributed by atoms with van der Waals surface area (Å²) in [6, 6.07) is 8.74. The Kier molecular flexibility index (Phi) is 6.27. The van der Waals surface area contributed by atoms with Gasteiger partial charge in [-0.1, -0.05) is 24.3 Å². The molecular formula is C19H21NO5. The molecule has 0 saturated heterocycles. The van der Waals surface area contributed by atoms with Gasteiger partial charge in [0, 0.05) is 18.8 Å². The third-order valence-corrected chi connectivity index (χ3v) is 3.78. The van der Waals surface area contributed by atoms with Crippen molar-refractivity contribution in [2.24, 2.45) is 7.05 Å². The fourth-order valence-corrected chi connectivity index (χ4v) is 2.33. The van der Waals surface area contributed by atoms with Gasteiger partial charge < -0.3 is 19.5 Å². The fourth-order valence-electron chi connectivity index (χ4n) is 2.33. The maximum absolute atomic E-state index is 12.3. The van der Waals surface area contributed by atoms with Crippen molar-refractivity contribution in [3.8, 4) is 5.75 Å². The van der Waals surface area contributed by atoms with Crippen LogP contribution in [0, 0.1) is 6.92 Å². The Morgan fingerprint density at radius 2 is 2.08 bits per heavy atom. The summed E-state index contributed by atoms with van der Waals surface area (Å²) in [4.78, 5) is 24.5. The van der Waals surface area contributed by atoms with Gasteiger partial charge in [-0.2, -0.15) is 0 Å². The molecule has 132 valence electrons. The number of aliphatic hydroxyl groups is 1. The molecule has 2 rings (SSSR count). The molecule has 0 amide bonds. The number of ketones is 1. The normalized spacial score (nSPS) is 11.2. The first-order valence-electron chi connectivity index (χ1n) is 7.83. The predicted octanol–water partition coefficient (Wildman–Crippen LogP) is 1.80. The summed E-state index contributed by atoms with van der Waals surface area (Å²) in [7, 11) is 1.55. The molecule has 0 atom stereocenters. The molecule has 1 heterocycles. The third-order valence-electron chi connectivity index (χ3n) is 3.78. The first-order chi connectivity index (χ1) is 11.9. The van der Waals surface area contributed by atoms with Crippen LogP contribution in [-0.2, 0) is 18.4 Å². The molecule has 6 heteroatoms. The number of aromatic nitrogens is 1. The van der Waals surface area contributed by atoms with Crippen LogP contribution in [0.4, 0.5) is 0 Å². The summed E-state index contributed by atoms with van der Waals surface area (Å²) in [5, 5.41) is 18.6. The van der Waals surface area contributed by atoms with Crippen LogP contribution in [0.1, 0.15) is 27.2 Å². The number of rotatable bonds is 7. The molecule has 25 heavy (non-hydrogen) atoms. The molecule has 0 saturated carbocycles. The molecule has 0 aliphatic rings. The van der Waals surface area contributed by atoms with Gasteiger partial charge in [-0.15, -0.1) is 0 Å². The molecule has 1 aromatic carbocycles. The van der Waals surface area contributed by atoms with E-state index in [1.807, 2.05) is 24.3 Å². The van der Waals surface area contributed by atoms with Crippen molar-refractivity contribution in [2.45, 2.75) is 13.5 Å². The van der Waals surface area contributed by atoms with Crippen molar-refractivity contribution < 1.29 is 19.7 Å². The van der Waals surface area contributed by atoms with Gasteiger partial charge >= 0.3 is 0 Å². The minimum Gasteiger partial charge on any atom is -0.507 e. The fraction of sp³-hybridized carbons (Fsp3) is 0.263. The van der Waals surface area contributed by atoms with Crippen molar-refractivity contribution in [3.63, 3.8) is 0 Å². The number of pyridine rings is 1. The Hall–Kier alpha value is -2.70. The highest BCUT2D eigenvalue weighted by Gasteiger charge is 2.16. The number of benzene rings is 1. The lowest BCUT2D eigenvalue weighted by atomic mass is 10.1. The number of allylic oxidation sites excluding steroid dienone is 1. The Bertz CT molecular complexity index is 851. The number of aromatic hydroxyl groups is 1. The summed E-state index contributed by atoms with van der Waals surface area (Å²) >= 11 is 0. The van der Waals surface area contributed by atoms with Gasteiger partial charge in [-0.25, -0.2) is 0 Å². The van der Waals surface area contributed by atoms with E-state index in [4.69, 9.17) is 9.84 Å². The first-order valence-corrected chi connectivity index (χ1v) is 7.83. The van der Waals surface area contributed by atoms with Crippen LogP contribution in [0.25, 0.3) is 6.08 Å². The monoisotopic (exact) mass is 343 g/mol. The average molecular weight is 343 g/mol. The lowest BCUT2D eigenvalue weighted by Gasteiger charge is -2.07. The van der Waals surface area contributed by atoms with E-state index in [0.29, 0.717) is 12.3 Å². The molecular weight excluding hydrogens is 322 g/mol. The molecule has 0 bridgehead atoms. The summed E-state index contributed by atoms with van der Waals surface area (Å²) in [5.41, 5.74) is 1.46. The molecule has 0 spiro atoms. The first kappa shape index (κ1) is 18.6. The molecule has 0 radical (unpaired) electrons. The summed E-state index contributed by atoms with van der Waals surface area (Å²) in [6.07, 6.45) is 2.84. The summed E-state index contributed by atoms with van der Waals surface area (Å²) < 4.78 is 6.58. The highest BCUT2D eigenvalue weighted by atomic mass is 16.5. The largest absolute Gasteiger partial charge is 0.507 e. The highest BCUT2D eigenvalue weighted by molar-refractivity contribution is 6.08. The lowest BCUT2D eigenvalue weighted by molar-refractivity contribution is 0.0815. The average Bonchev–Trinajstić information content (AvgIpc) is 2.59. The van der Waals surface area contributed by atoms with Crippen molar-refractivity contribution in [1.82, 2.24) is 4.57 Å². The van der Waals surface area contributed by atoms with E-state index in [-0.39, 0.29) is 24.5 Å². The number of hydrogen-bond acceptors (Lipinski definition) is 5. The van der Waals surface area contributed by atoms with Gasteiger partial charge in [0.2, 0.25) is 0 Å². The standard InChI is InChI=1S/C19H21NO5/c1-13-10-17(23)18(19(24)20(13)2)16(22)7-6-14-4-3-5-15(11-14)12-25-9-8-21/h3-7,10-11,21,23H,8-9,12H2,1-2H3. The van der Waals surface area contributed by atoms with Crippen LogP contribution < -0.4 is 5.56 Å². The zero-order valence-corrected chi connectivity index (χ0v) is 14.2. The van der Waals surface area contributed by atoms with E-state index in [2.05, 4.69) is 0 Å². The number of aliphatic hydroxyl groups excluding tert-OH is 1. The molecule has 2 aromatic rings. The molecule has 0 aliphatic carbocycles. The van der Waals surface area contributed by atoms with E-state index in [0.717, 1.165) is 11.1 Å². The zero-order valence-electron chi connectivity index (χ0n) is 14.2. The quantitative estimate of drug-likeness (QED) is 0.455. The van der Waals surface area contributed by atoms with Crippen molar-refractivity contribution in [3.05, 3.63) is 69.1 Å². The third kappa shape index (κ3) is 4.65. The maximum Gasteiger partial charge on any atom is 0.265 e. The predicted molar refractivity (Wildman–Crippen MR) is 94.6 cm³/mol.